The molecule has 1 unspecified atom stereocenters. The molecule has 8 nitrogen and oxygen atoms in total. The summed E-state index contributed by atoms with van der Waals surface area (Å²) in [6.07, 6.45) is 1.97. The summed E-state index contributed by atoms with van der Waals surface area (Å²) in [6, 6.07) is 21.7. The topological polar surface area (TPSA) is 89.6 Å². The lowest BCUT2D eigenvalue weighted by atomic mass is 10.1. The fraction of sp³-hybridized carbons (Fsp3) is 0.167. The normalized spacial score (nSPS) is 11.8. The first-order chi connectivity index (χ1) is 19.4. The number of urea groups is 1. The number of para-hydroxylation sites is 3. The molecule has 204 valence electrons. The molecule has 2 amide bonds. The Morgan fingerprint density at radius 1 is 1.05 bits per heavy atom. The number of amides is 2. The highest BCUT2D eigenvalue weighted by Crippen LogP contribution is 2.33. The number of anilines is 1. The molecule has 40 heavy (non-hydrogen) atoms. The summed E-state index contributed by atoms with van der Waals surface area (Å²) in [6.45, 7) is 2.03. The first-order valence-corrected chi connectivity index (χ1v) is 13.4. The van der Waals surface area contributed by atoms with Crippen LogP contribution in [0.1, 0.15) is 31.0 Å². The van der Waals surface area contributed by atoms with Crippen LogP contribution in [0.15, 0.2) is 94.3 Å². The Morgan fingerprint density at radius 3 is 2.58 bits per heavy atom. The first-order valence-electron chi connectivity index (χ1n) is 12.6. The smallest absolute Gasteiger partial charge is 0.322 e. The van der Waals surface area contributed by atoms with Crippen molar-refractivity contribution in [2.24, 2.45) is 0 Å². The van der Waals surface area contributed by atoms with Gasteiger partial charge in [-0.15, -0.1) is 0 Å². The van der Waals surface area contributed by atoms with Crippen molar-refractivity contribution in [3.05, 3.63) is 117 Å². The molecule has 0 fully saturated rings. The van der Waals surface area contributed by atoms with Gasteiger partial charge in [-0.25, -0.2) is 9.78 Å². The van der Waals surface area contributed by atoms with E-state index >= 15 is 0 Å². The van der Waals surface area contributed by atoms with E-state index in [1.807, 2.05) is 25.1 Å². The van der Waals surface area contributed by atoms with Crippen molar-refractivity contribution in [2.45, 2.75) is 25.9 Å². The van der Waals surface area contributed by atoms with Crippen LogP contribution in [0.2, 0.25) is 10.0 Å². The van der Waals surface area contributed by atoms with Crippen molar-refractivity contribution in [1.82, 2.24) is 14.5 Å². The van der Waals surface area contributed by atoms with E-state index in [0.717, 1.165) is 0 Å². The quantitative estimate of drug-likeness (QED) is 0.207. The molecule has 5 rings (SSSR count). The zero-order valence-electron chi connectivity index (χ0n) is 21.8. The summed E-state index contributed by atoms with van der Waals surface area (Å²) < 4.78 is 12.7. The summed E-state index contributed by atoms with van der Waals surface area (Å²) in [4.78, 5) is 34.5. The third-order valence-electron chi connectivity index (χ3n) is 6.55. The summed E-state index contributed by atoms with van der Waals surface area (Å²) in [5.41, 5.74) is 1.10. The van der Waals surface area contributed by atoms with Crippen molar-refractivity contribution in [3.63, 3.8) is 0 Å². The number of benzene rings is 3. The van der Waals surface area contributed by atoms with Gasteiger partial charge >= 0.3 is 6.03 Å². The number of fused-ring (bicyclic) bond motifs is 1. The minimum Gasteiger partial charge on any atom is -0.495 e. The second-order valence-corrected chi connectivity index (χ2v) is 9.75. The number of rotatable bonds is 8. The fourth-order valence-electron chi connectivity index (χ4n) is 4.64. The molecule has 0 bridgehead atoms. The number of aromatic nitrogens is 2. The molecule has 0 spiro atoms. The Morgan fingerprint density at radius 2 is 1.82 bits per heavy atom. The minimum absolute atomic E-state index is 0.101. The van der Waals surface area contributed by atoms with Crippen LogP contribution < -0.4 is 15.6 Å². The highest BCUT2D eigenvalue weighted by atomic mass is 35.5. The number of furan rings is 1. The molecule has 1 atom stereocenters. The lowest BCUT2D eigenvalue weighted by molar-refractivity contribution is 0.170. The van der Waals surface area contributed by atoms with E-state index in [9.17, 15) is 9.59 Å². The van der Waals surface area contributed by atoms with Crippen LogP contribution in [-0.2, 0) is 6.54 Å². The fourth-order valence-corrected chi connectivity index (χ4v) is 4.99. The summed E-state index contributed by atoms with van der Waals surface area (Å²) in [5, 5.41) is 3.85. The molecule has 0 aliphatic rings. The van der Waals surface area contributed by atoms with Crippen LogP contribution in [0.4, 0.5) is 10.5 Å². The molecule has 0 saturated carbocycles. The summed E-state index contributed by atoms with van der Waals surface area (Å²) >= 11 is 12.6. The lowest BCUT2D eigenvalue weighted by Gasteiger charge is -2.32. The summed E-state index contributed by atoms with van der Waals surface area (Å²) in [5.74, 6) is 1.41. The Labute approximate surface area is 240 Å². The molecule has 0 aliphatic carbocycles. The van der Waals surface area contributed by atoms with Crippen LogP contribution in [0, 0.1) is 0 Å². The molecule has 5 aromatic rings. The number of nitrogens with one attached hydrogen (secondary N) is 1. The molecule has 0 saturated heterocycles. The molecule has 0 radical (unpaired) electrons. The van der Waals surface area contributed by atoms with E-state index in [4.69, 9.17) is 37.3 Å². The van der Waals surface area contributed by atoms with Crippen LogP contribution >= 0.6 is 23.2 Å². The van der Waals surface area contributed by atoms with Gasteiger partial charge < -0.3 is 19.4 Å². The van der Waals surface area contributed by atoms with Crippen LogP contribution in [0.3, 0.4) is 0 Å². The van der Waals surface area contributed by atoms with E-state index in [2.05, 4.69) is 5.32 Å². The van der Waals surface area contributed by atoms with E-state index in [0.29, 0.717) is 51.1 Å². The van der Waals surface area contributed by atoms with E-state index < -0.39 is 12.1 Å². The first kappa shape index (κ1) is 27.3. The number of nitrogens with zero attached hydrogens (tertiary/aromatic N) is 3. The van der Waals surface area contributed by atoms with Crippen molar-refractivity contribution in [1.29, 1.82) is 0 Å². The van der Waals surface area contributed by atoms with E-state index in [1.54, 1.807) is 78.9 Å². The number of ether oxygens (including phenoxy) is 1. The monoisotopic (exact) mass is 576 g/mol. The maximum absolute atomic E-state index is 14.0. The average Bonchev–Trinajstić information content (AvgIpc) is 3.49. The molecule has 0 aliphatic heterocycles. The molecule has 1 N–H and O–H groups in total. The molecule has 10 heteroatoms. The number of methoxy groups -OCH3 is 1. The van der Waals surface area contributed by atoms with Gasteiger partial charge in [0.2, 0.25) is 0 Å². The van der Waals surface area contributed by atoms with E-state index in [1.165, 1.54) is 4.57 Å². The van der Waals surface area contributed by atoms with Gasteiger partial charge in [0.25, 0.3) is 5.56 Å². The minimum atomic E-state index is -0.662. The zero-order chi connectivity index (χ0) is 28.2. The molecular formula is C30H26Cl2N4O4. The van der Waals surface area contributed by atoms with Crippen LogP contribution in [0.25, 0.3) is 16.6 Å². The maximum Gasteiger partial charge on any atom is 0.322 e. The Kier molecular flexibility index (Phi) is 8.09. The van der Waals surface area contributed by atoms with Gasteiger partial charge in [0.15, 0.2) is 0 Å². The Bertz CT molecular complexity index is 1720. The third kappa shape index (κ3) is 5.28. The summed E-state index contributed by atoms with van der Waals surface area (Å²) in [7, 11) is 1.54. The van der Waals surface area contributed by atoms with Gasteiger partial charge in [0, 0.05) is 0 Å². The average molecular weight is 577 g/mol. The second kappa shape index (κ2) is 11.9. The highest BCUT2D eigenvalue weighted by Gasteiger charge is 2.31. The predicted octanol–water partition coefficient (Wildman–Crippen LogP) is 7.48. The van der Waals surface area contributed by atoms with Crippen LogP contribution in [-0.4, -0.2) is 27.6 Å². The number of hydrogen-bond acceptors (Lipinski definition) is 5. The largest absolute Gasteiger partial charge is 0.495 e. The van der Waals surface area contributed by atoms with Gasteiger partial charge in [-0.05, 0) is 55.0 Å². The van der Waals surface area contributed by atoms with Gasteiger partial charge in [0.1, 0.15) is 17.3 Å². The van der Waals surface area contributed by atoms with Crippen molar-refractivity contribution in [2.75, 3.05) is 12.4 Å². The SMILES string of the molecule is CCC(c1nc2ccccc2c(=O)n1-c1ccccc1OC)N(Cc1ccco1)C(=O)Nc1cccc(Cl)c1Cl. The van der Waals surface area contributed by atoms with Crippen molar-refractivity contribution in [3.8, 4) is 11.4 Å². The van der Waals surface area contributed by atoms with Gasteiger partial charge in [0.05, 0.1) is 58.3 Å². The second-order valence-electron chi connectivity index (χ2n) is 8.96. The molecule has 2 aromatic heterocycles. The van der Waals surface area contributed by atoms with Crippen molar-refractivity contribution >= 4 is 45.8 Å². The number of hydrogen-bond donors (Lipinski definition) is 1. The predicted molar refractivity (Wildman–Crippen MR) is 157 cm³/mol. The lowest BCUT2D eigenvalue weighted by Crippen LogP contribution is -2.40. The van der Waals surface area contributed by atoms with Crippen molar-refractivity contribution < 1.29 is 13.9 Å². The molecule has 3 aromatic carbocycles. The third-order valence-corrected chi connectivity index (χ3v) is 7.37. The number of halogens is 2. The zero-order valence-corrected chi connectivity index (χ0v) is 23.3. The van der Waals surface area contributed by atoms with Gasteiger partial charge in [-0.1, -0.05) is 60.5 Å². The number of carbonyl (C=O) groups is 1. The Hall–Kier alpha value is -4.27. The maximum atomic E-state index is 14.0. The van der Waals surface area contributed by atoms with Gasteiger partial charge in [-0.3, -0.25) is 9.36 Å². The van der Waals surface area contributed by atoms with Crippen LogP contribution in [0.5, 0.6) is 5.75 Å². The van der Waals surface area contributed by atoms with E-state index in [-0.39, 0.29) is 17.1 Å². The molecular weight excluding hydrogens is 551 g/mol. The molecule has 2 heterocycles. The standard InChI is InChI=1S/C30H26Cl2N4O4/c1-3-24(35(18-19-10-9-17-40-19)30(38)34-23-14-8-12-21(31)27(23)32)28-33-22-13-5-4-11-20(22)29(37)36(28)25-15-6-7-16-26(25)39-2/h4-17,24H,3,18H2,1-2H3,(H,34,38). The van der Waals surface area contributed by atoms with Gasteiger partial charge in [-0.2, -0.15) is 0 Å². The highest BCUT2D eigenvalue weighted by molar-refractivity contribution is 6.43. The Balaban J connectivity index is 1.70. The number of carbonyl (C=O) groups excluding carboxylic acids is 1.